The quantitative estimate of drug-likeness (QED) is 0.632. The number of Topliss-reactive ketones (excluding diaryl/α,β-unsaturated/α-hetero) is 2. The lowest BCUT2D eigenvalue weighted by Crippen LogP contribution is -2.34. The fraction of sp³-hybridized carbons (Fsp3) is 0.364. The first-order valence-corrected chi connectivity index (χ1v) is 8.39. The zero-order valence-corrected chi connectivity index (χ0v) is 15.3. The van der Waals surface area contributed by atoms with Gasteiger partial charge in [-0.15, -0.1) is 0 Å². The average molecular weight is 320 g/mol. The van der Waals surface area contributed by atoms with Gasteiger partial charge in [-0.3, -0.25) is 9.59 Å². The van der Waals surface area contributed by atoms with Crippen molar-refractivity contribution in [3.05, 3.63) is 58.7 Å². The summed E-state index contributed by atoms with van der Waals surface area (Å²) in [5, 5.41) is 1.98. The number of hydrogen-bond donors (Lipinski definition) is 0. The highest BCUT2D eigenvalue weighted by molar-refractivity contribution is 6.28. The van der Waals surface area contributed by atoms with Crippen molar-refractivity contribution >= 4 is 22.3 Å². The standard InChI is InChI=1S/C22H24O2/c1-21(2,3)17-18(22(4,5)6)20(24)16-12-14-10-8-7-9-13(14)11-15(16)19(17)23/h7-12H,1-6H3. The zero-order valence-electron chi connectivity index (χ0n) is 15.3. The van der Waals surface area contributed by atoms with E-state index in [1.807, 2.05) is 77.9 Å². The van der Waals surface area contributed by atoms with Crippen molar-refractivity contribution in [2.24, 2.45) is 10.8 Å². The summed E-state index contributed by atoms with van der Waals surface area (Å²) in [4.78, 5) is 26.6. The number of carbonyl (C=O) groups is 2. The van der Waals surface area contributed by atoms with Crippen LogP contribution in [0.3, 0.4) is 0 Å². The summed E-state index contributed by atoms with van der Waals surface area (Å²) in [5.41, 5.74) is 1.64. The summed E-state index contributed by atoms with van der Waals surface area (Å²) < 4.78 is 0. The molecule has 2 nitrogen and oxygen atoms in total. The molecule has 0 aliphatic heterocycles. The van der Waals surface area contributed by atoms with Crippen molar-refractivity contribution < 1.29 is 9.59 Å². The van der Waals surface area contributed by atoms with E-state index in [1.165, 1.54) is 0 Å². The van der Waals surface area contributed by atoms with E-state index in [-0.39, 0.29) is 22.4 Å². The minimum atomic E-state index is -0.376. The number of hydrogen-bond acceptors (Lipinski definition) is 2. The molecule has 1 aliphatic carbocycles. The van der Waals surface area contributed by atoms with Crippen molar-refractivity contribution in [3.63, 3.8) is 0 Å². The van der Waals surface area contributed by atoms with Gasteiger partial charge < -0.3 is 0 Å². The lowest BCUT2D eigenvalue weighted by atomic mass is 9.66. The van der Waals surface area contributed by atoms with Gasteiger partial charge in [-0.2, -0.15) is 0 Å². The van der Waals surface area contributed by atoms with Gasteiger partial charge in [0, 0.05) is 22.3 Å². The van der Waals surface area contributed by atoms with Crippen LogP contribution in [-0.4, -0.2) is 11.6 Å². The van der Waals surface area contributed by atoms with E-state index in [4.69, 9.17) is 0 Å². The number of rotatable bonds is 0. The van der Waals surface area contributed by atoms with Crippen LogP contribution in [0.15, 0.2) is 47.5 Å². The van der Waals surface area contributed by atoms with Crippen LogP contribution in [-0.2, 0) is 0 Å². The molecule has 124 valence electrons. The lowest BCUT2D eigenvalue weighted by Gasteiger charge is -2.35. The summed E-state index contributed by atoms with van der Waals surface area (Å²) >= 11 is 0. The Morgan fingerprint density at radius 2 is 0.958 bits per heavy atom. The molecule has 2 aromatic carbocycles. The Labute approximate surface area is 143 Å². The maximum atomic E-state index is 13.3. The Morgan fingerprint density at radius 1 is 0.625 bits per heavy atom. The third-order valence-corrected chi connectivity index (χ3v) is 4.58. The van der Waals surface area contributed by atoms with Crippen molar-refractivity contribution in [1.29, 1.82) is 0 Å². The van der Waals surface area contributed by atoms with E-state index in [2.05, 4.69) is 0 Å². The van der Waals surface area contributed by atoms with E-state index in [0.717, 1.165) is 10.8 Å². The Hall–Kier alpha value is -2.22. The van der Waals surface area contributed by atoms with Gasteiger partial charge in [-0.25, -0.2) is 0 Å². The molecular formula is C22H24O2. The Kier molecular flexibility index (Phi) is 3.56. The van der Waals surface area contributed by atoms with Crippen molar-refractivity contribution in [2.75, 3.05) is 0 Å². The molecule has 0 radical (unpaired) electrons. The SMILES string of the molecule is CC(C)(C)C1=C(C(C)(C)C)C(=O)c2cc3ccccc3cc2C1=O. The summed E-state index contributed by atoms with van der Waals surface area (Å²) in [6.07, 6.45) is 0. The lowest BCUT2D eigenvalue weighted by molar-refractivity contribution is 0.0939. The van der Waals surface area contributed by atoms with Crippen molar-refractivity contribution in [2.45, 2.75) is 41.5 Å². The van der Waals surface area contributed by atoms with Gasteiger partial charge in [-0.1, -0.05) is 65.8 Å². The smallest absolute Gasteiger partial charge is 0.190 e. The van der Waals surface area contributed by atoms with Crippen molar-refractivity contribution in [3.8, 4) is 0 Å². The molecule has 24 heavy (non-hydrogen) atoms. The van der Waals surface area contributed by atoms with Gasteiger partial charge in [0.15, 0.2) is 11.6 Å². The van der Waals surface area contributed by atoms with E-state index < -0.39 is 0 Å². The summed E-state index contributed by atoms with van der Waals surface area (Å²) in [6, 6.07) is 11.6. The second-order valence-corrected chi connectivity index (χ2v) is 8.65. The number of carbonyl (C=O) groups excluding carboxylic acids is 2. The van der Waals surface area contributed by atoms with Crippen LogP contribution in [0.4, 0.5) is 0 Å². The molecule has 0 unspecified atom stereocenters. The normalized spacial score (nSPS) is 15.9. The molecule has 0 amide bonds. The first-order chi connectivity index (χ1) is 11.0. The van der Waals surface area contributed by atoms with Crippen LogP contribution < -0.4 is 0 Å². The molecule has 0 atom stereocenters. The molecule has 0 heterocycles. The zero-order chi connectivity index (χ0) is 17.9. The fourth-order valence-electron chi connectivity index (χ4n) is 3.54. The van der Waals surface area contributed by atoms with Crippen LogP contribution in [0, 0.1) is 10.8 Å². The average Bonchev–Trinajstić information content (AvgIpc) is 2.46. The van der Waals surface area contributed by atoms with Crippen LogP contribution in [0.25, 0.3) is 10.8 Å². The minimum Gasteiger partial charge on any atom is -0.289 e. The second kappa shape index (κ2) is 5.14. The number of allylic oxidation sites excluding steroid dienone is 2. The summed E-state index contributed by atoms with van der Waals surface area (Å²) in [6.45, 7) is 12.0. The molecule has 2 heteroatoms. The molecule has 0 fully saturated rings. The molecule has 0 spiro atoms. The number of benzene rings is 2. The van der Waals surface area contributed by atoms with Crippen LogP contribution in [0.5, 0.6) is 0 Å². The molecule has 3 rings (SSSR count). The van der Waals surface area contributed by atoms with Crippen molar-refractivity contribution in [1.82, 2.24) is 0 Å². The molecule has 1 aliphatic rings. The largest absolute Gasteiger partial charge is 0.289 e. The summed E-state index contributed by atoms with van der Waals surface area (Å²) in [7, 11) is 0. The third-order valence-electron chi connectivity index (χ3n) is 4.58. The van der Waals surface area contributed by atoms with Gasteiger partial charge in [0.25, 0.3) is 0 Å². The van der Waals surface area contributed by atoms with E-state index in [1.54, 1.807) is 0 Å². The predicted molar refractivity (Wildman–Crippen MR) is 98.5 cm³/mol. The first-order valence-electron chi connectivity index (χ1n) is 8.39. The molecule has 0 aromatic heterocycles. The molecule has 0 N–H and O–H groups in total. The molecule has 0 saturated heterocycles. The summed E-state index contributed by atoms with van der Waals surface area (Å²) in [5.74, 6) is -0.0134. The Bertz CT molecular complexity index is 825. The fourth-order valence-corrected chi connectivity index (χ4v) is 3.54. The molecule has 0 bridgehead atoms. The van der Waals surface area contributed by atoms with Gasteiger partial charge in [-0.05, 0) is 33.7 Å². The van der Waals surface area contributed by atoms with Gasteiger partial charge in [0.1, 0.15) is 0 Å². The van der Waals surface area contributed by atoms with Crippen LogP contribution in [0.1, 0.15) is 62.3 Å². The monoisotopic (exact) mass is 320 g/mol. The maximum absolute atomic E-state index is 13.3. The van der Waals surface area contributed by atoms with E-state index in [0.29, 0.717) is 22.3 Å². The minimum absolute atomic E-state index is 0.00669. The topological polar surface area (TPSA) is 34.1 Å². The number of ketones is 2. The predicted octanol–water partition coefficient (Wildman–Crippen LogP) is 5.61. The molecular weight excluding hydrogens is 296 g/mol. The maximum Gasteiger partial charge on any atom is 0.190 e. The Morgan fingerprint density at radius 3 is 1.25 bits per heavy atom. The molecule has 2 aromatic rings. The third kappa shape index (κ3) is 2.50. The first kappa shape index (κ1) is 16.6. The van der Waals surface area contributed by atoms with E-state index >= 15 is 0 Å². The van der Waals surface area contributed by atoms with Gasteiger partial charge in [0.2, 0.25) is 0 Å². The van der Waals surface area contributed by atoms with E-state index in [9.17, 15) is 9.59 Å². The highest BCUT2D eigenvalue weighted by Crippen LogP contribution is 2.44. The van der Waals surface area contributed by atoms with Gasteiger partial charge >= 0.3 is 0 Å². The Balaban J connectivity index is 2.38. The van der Waals surface area contributed by atoms with Gasteiger partial charge in [0.05, 0.1) is 0 Å². The highest BCUT2D eigenvalue weighted by atomic mass is 16.1. The van der Waals surface area contributed by atoms with Crippen LogP contribution in [0.2, 0.25) is 0 Å². The highest BCUT2D eigenvalue weighted by Gasteiger charge is 2.41. The second-order valence-electron chi connectivity index (χ2n) is 8.65. The number of fused-ring (bicyclic) bond motifs is 2. The molecule has 0 saturated carbocycles. The van der Waals surface area contributed by atoms with Crippen LogP contribution >= 0.6 is 0 Å².